The third-order valence-electron chi connectivity index (χ3n) is 7.02. The lowest BCUT2D eigenvalue weighted by Crippen LogP contribution is -1.96. The van der Waals surface area contributed by atoms with Gasteiger partial charge in [-0.2, -0.15) is 0 Å². The molecule has 4 aromatic carbocycles. The molecule has 6 aromatic rings. The van der Waals surface area contributed by atoms with Crippen LogP contribution in [0.2, 0.25) is 0 Å². The van der Waals surface area contributed by atoms with E-state index in [-0.39, 0.29) is 0 Å². The largest absolute Gasteiger partial charge is 0.493 e. The van der Waals surface area contributed by atoms with E-state index in [2.05, 4.69) is 77.8 Å². The van der Waals surface area contributed by atoms with Crippen LogP contribution in [0.3, 0.4) is 0 Å². The molecule has 0 N–H and O–H groups in total. The van der Waals surface area contributed by atoms with Crippen molar-refractivity contribution in [1.82, 2.24) is 9.13 Å². The van der Waals surface area contributed by atoms with Crippen molar-refractivity contribution < 1.29 is 14.2 Å². The van der Waals surface area contributed by atoms with Crippen LogP contribution < -0.4 is 14.2 Å². The Morgan fingerprint density at radius 3 is 1.74 bits per heavy atom. The van der Waals surface area contributed by atoms with Gasteiger partial charge in [-0.1, -0.05) is 36.4 Å². The van der Waals surface area contributed by atoms with E-state index in [1.165, 1.54) is 43.6 Å². The molecule has 170 valence electrons. The molecular weight excluding hydrogens is 424 g/mol. The Balaban J connectivity index is 1.87. The van der Waals surface area contributed by atoms with E-state index in [1.807, 2.05) is 12.1 Å². The number of aromatic nitrogens is 2. The number of fused-ring (bicyclic) bond motifs is 7. The zero-order chi connectivity index (χ0) is 23.6. The van der Waals surface area contributed by atoms with Gasteiger partial charge in [-0.25, -0.2) is 0 Å². The Labute approximate surface area is 197 Å². The van der Waals surface area contributed by atoms with E-state index >= 15 is 0 Å². The van der Waals surface area contributed by atoms with Crippen LogP contribution in [0.4, 0.5) is 0 Å². The van der Waals surface area contributed by atoms with Gasteiger partial charge in [0.15, 0.2) is 11.5 Å². The zero-order valence-electron chi connectivity index (χ0n) is 20.0. The molecule has 6 rings (SSSR count). The molecule has 0 aliphatic carbocycles. The Morgan fingerprint density at radius 1 is 0.588 bits per heavy atom. The highest BCUT2D eigenvalue weighted by Crippen LogP contribution is 2.47. The molecule has 0 amide bonds. The maximum atomic E-state index is 5.69. The quantitative estimate of drug-likeness (QED) is 0.301. The number of nitrogens with zero attached hydrogens (tertiary/aromatic N) is 2. The maximum Gasteiger partial charge on any atom is 0.203 e. The molecule has 2 heterocycles. The Morgan fingerprint density at radius 2 is 1.15 bits per heavy atom. The Bertz CT molecular complexity index is 1710. The SMILES string of the molecule is COc1cc(-c2cc3c(c4ccccc4n3C)c3c2c2ccccc2n3C)cc(OC)c1OC. The number of rotatable bonds is 4. The van der Waals surface area contributed by atoms with Crippen molar-refractivity contribution in [2.24, 2.45) is 14.1 Å². The van der Waals surface area contributed by atoms with Gasteiger partial charge in [0.05, 0.1) is 32.4 Å². The van der Waals surface area contributed by atoms with Gasteiger partial charge in [-0.3, -0.25) is 0 Å². The molecule has 2 aromatic heterocycles. The van der Waals surface area contributed by atoms with Crippen molar-refractivity contribution in [2.45, 2.75) is 0 Å². The van der Waals surface area contributed by atoms with Gasteiger partial charge in [0.2, 0.25) is 5.75 Å². The molecule has 0 radical (unpaired) electrons. The van der Waals surface area contributed by atoms with Crippen LogP contribution in [0.5, 0.6) is 17.2 Å². The predicted molar refractivity (Wildman–Crippen MR) is 139 cm³/mol. The molecule has 34 heavy (non-hydrogen) atoms. The third-order valence-corrected chi connectivity index (χ3v) is 7.02. The number of ether oxygens (including phenoxy) is 3. The summed E-state index contributed by atoms with van der Waals surface area (Å²) in [5, 5.41) is 4.96. The van der Waals surface area contributed by atoms with Crippen molar-refractivity contribution >= 4 is 43.6 Å². The molecule has 0 spiro atoms. The second kappa shape index (κ2) is 7.45. The first-order valence-electron chi connectivity index (χ1n) is 11.3. The van der Waals surface area contributed by atoms with Gasteiger partial charge in [-0.05, 0) is 41.5 Å². The normalized spacial score (nSPS) is 11.7. The summed E-state index contributed by atoms with van der Waals surface area (Å²) in [5.41, 5.74) is 6.97. The first kappa shape index (κ1) is 20.5. The fourth-order valence-corrected chi connectivity index (χ4v) is 5.46. The highest BCUT2D eigenvalue weighted by Gasteiger charge is 2.22. The summed E-state index contributed by atoms with van der Waals surface area (Å²) < 4.78 is 21.6. The van der Waals surface area contributed by atoms with Crippen molar-refractivity contribution in [3.8, 4) is 28.4 Å². The molecule has 0 bridgehead atoms. The lowest BCUT2D eigenvalue weighted by molar-refractivity contribution is 0.324. The van der Waals surface area contributed by atoms with E-state index in [4.69, 9.17) is 14.2 Å². The van der Waals surface area contributed by atoms with Crippen LogP contribution in [0.1, 0.15) is 0 Å². The zero-order valence-corrected chi connectivity index (χ0v) is 20.0. The van der Waals surface area contributed by atoms with Gasteiger partial charge in [-0.15, -0.1) is 0 Å². The van der Waals surface area contributed by atoms with E-state index in [9.17, 15) is 0 Å². The van der Waals surface area contributed by atoms with Crippen LogP contribution in [-0.2, 0) is 14.1 Å². The van der Waals surface area contributed by atoms with Gasteiger partial charge in [0.25, 0.3) is 0 Å². The molecule has 0 saturated heterocycles. The molecule has 0 aliphatic heterocycles. The number of para-hydroxylation sites is 2. The highest BCUT2D eigenvalue weighted by molar-refractivity contribution is 6.29. The van der Waals surface area contributed by atoms with Crippen molar-refractivity contribution in [1.29, 1.82) is 0 Å². The minimum absolute atomic E-state index is 0.591. The summed E-state index contributed by atoms with van der Waals surface area (Å²) in [6.45, 7) is 0. The molecule has 0 atom stereocenters. The number of aryl methyl sites for hydroxylation is 2. The fourth-order valence-electron chi connectivity index (χ4n) is 5.46. The van der Waals surface area contributed by atoms with E-state index < -0.39 is 0 Å². The summed E-state index contributed by atoms with van der Waals surface area (Å²) >= 11 is 0. The van der Waals surface area contributed by atoms with Crippen LogP contribution in [0.25, 0.3) is 54.7 Å². The fraction of sp³-hybridized carbons (Fsp3) is 0.172. The first-order valence-corrected chi connectivity index (χ1v) is 11.3. The summed E-state index contributed by atoms with van der Waals surface area (Å²) in [5.74, 6) is 1.87. The molecule has 0 fully saturated rings. The number of benzene rings is 4. The van der Waals surface area contributed by atoms with Gasteiger partial charge >= 0.3 is 0 Å². The number of methoxy groups -OCH3 is 3. The Hall–Kier alpha value is -4.12. The molecular formula is C29H26N2O3. The maximum absolute atomic E-state index is 5.69. The minimum Gasteiger partial charge on any atom is -0.493 e. The van der Waals surface area contributed by atoms with Gasteiger partial charge in [0.1, 0.15) is 0 Å². The van der Waals surface area contributed by atoms with Crippen LogP contribution in [0.15, 0.2) is 66.7 Å². The van der Waals surface area contributed by atoms with E-state index in [0.717, 1.165) is 11.1 Å². The monoisotopic (exact) mass is 450 g/mol. The van der Waals surface area contributed by atoms with Crippen molar-refractivity contribution in [3.05, 3.63) is 66.7 Å². The molecule has 5 nitrogen and oxygen atoms in total. The van der Waals surface area contributed by atoms with Crippen LogP contribution in [0, 0.1) is 0 Å². The summed E-state index contributed by atoms with van der Waals surface area (Å²) in [6.07, 6.45) is 0. The van der Waals surface area contributed by atoms with Crippen LogP contribution >= 0.6 is 0 Å². The third kappa shape index (κ3) is 2.61. The lowest BCUT2D eigenvalue weighted by Gasteiger charge is -2.15. The van der Waals surface area contributed by atoms with E-state index in [0.29, 0.717) is 17.2 Å². The predicted octanol–water partition coefficient (Wildman–Crippen LogP) is 6.67. The number of hydrogen-bond acceptors (Lipinski definition) is 3. The van der Waals surface area contributed by atoms with E-state index in [1.54, 1.807) is 21.3 Å². The lowest BCUT2D eigenvalue weighted by atomic mass is 9.96. The molecule has 0 aliphatic rings. The summed E-state index contributed by atoms with van der Waals surface area (Å²) in [4.78, 5) is 0. The molecule has 5 heteroatoms. The smallest absolute Gasteiger partial charge is 0.203 e. The average molecular weight is 451 g/mol. The standard InChI is InChI=1S/C29H26N2O3/c1-30-21-12-8-7-11-19(21)27-23(30)16-20(17-14-24(32-3)29(34-5)25(15-17)33-4)26-18-10-6-9-13-22(18)31(2)28(26)27/h6-16H,1-5H3. The second-order valence-electron chi connectivity index (χ2n) is 8.61. The average Bonchev–Trinajstić information content (AvgIpc) is 3.34. The van der Waals surface area contributed by atoms with Crippen LogP contribution in [-0.4, -0.2) is 30.5 Å². The Kier molecular flexibility index (Phi) is 4.49. The number of hydrogen-bond donors (Lipinski definition) is 0. The topological polar surface area (TPSA) is 37.5 Å². The summed E-state index contributed by atoms with van der Waals surface area (Å²) in [7, 11) is 9.23. The molecule has 0 unspecified atom stereocenters. The summed E-state index contributed by atoms with van der Waals surface area (Å²) in [6, 6.07) is 23.6. The first-order chi connectivity index (χ1) is 16.6. The highest BCUT2D eigenvalue weighted by atomic mass is 16.5. The van der Waals surface area contributed by atoms with Crippen molar-refractivity contribution in [2.75, 3.05) is 21.3 Å². The molecule has 0 saturated carbocycles. The van der Waals surface area contributed by atoms with Gasteiger partial charge in [0, 0.05) is 46.7 Å². The minimum atomic E-state index is 0.591. The van der Waals surface area contributed by atoms with Gasteiger partial charge < -0.3 is 23.3 Å². The van der Waals surface area contributed by atoms with Crippen molar-refractivity contribution in [3.63, 3.8) is 0 Å². The second-order valence-corrected chi connectivity index (χ2v) is 8.61.